The van der Waals surface area contributed by atoms with Crippen molar-refractivity contribution in [2.45, 2.75) is 17.5 Å². The third kappa shape index (κ3) is 2.99. The number of carbonyl (C=O) groups is 4. The molecule has 2 aliphatic heterocycles. The van der Waals surface area contributed by atoms with E-state index < -0.39 is 46.8 Å². The minimum atomic E-state index is -1.42. The van der Waals surface area contributed by atoms with Gasteiger partial charge in [0.05, 0.1) is 5.75 Å². The molecule has 1 aromatic carbocycles. The van der Waals surface area contributed by atoms with Gasteiger partial charge in [0.1, 0.15) is 17.2 Å². The number of nitrogens with one attached hydrogen (secondary N) is 1. The molecule has 26 heavy (non-hydrogen) atoms. The molecular formula is C16H14N2O7S. The number of hydrogen-bond donors (Lipinski definition) is 3. The Hall–Kier alpha value is -3.01. The first kappa shape index (κ1) is 17.8. The fourth-order valence-electron chi connectivity index (χ4n) is 2.81. The van der Waals surface area contributed by atoms with E-state index in [0.717, 1.165) is 16.7 Å². The highest BCUT2D eigenvalue weighted by Gasteiger charge is 2.54. The number of amides is 2. The fraction of sp³-hybridized carbons (Fsp3) is 0.250. The van der Waals surface area contributed by atoms with Crippen molar-refractivity contribution in [1.82, 2.24) is 10.2 Å². The molecule has 2 aliphatic rings. The minimum Gasteiger partial charge on any atom is -0.509 e. The van der Waals surface area contributed by atoms with Gasteiger partial charge in [0.25, 0.3) is 18.3 Å². The highest BCUT2D eigenvalue weighted by atomic mass is 32.2. The molecule has 2 unspecified atom stereocenters. The van der Waals surface area contributed by atoms with Crippen molar-refractivity contribution < 1.29 is 34.1 Å². The van der Waals surface area contributed by atoms with Crippen molar-refractivity contribution in [3.63, 3.8) is 0 Å². The summed E-state index contributed by atoms with van der Waals surface area (Å²) in [5.74, 6) is -3.16. The third-order valence-corrected chi connectivity index (χ3v) is 5.25. The monoisotopic (exact) mass is 378 g/mol. The summed E-state index contributed by atoms with van der Waals surface area (Å²) >= 11 is 1.13. The van der Waals surface area contributed by atoms with E-state index in [1.54, 1.807) is 30.3 Å². The topological polar surface area (TPSA) is 133 Å². The number of thioether (sulfide) groups is 1. The van der Waals surface area contributed by atoms with Gasteiger partial charge in [0.15, 0.2) is 5.70 Å². The summed E-state index contributed by atoms with van der Waals surface area (Å²) in [5, 5.41) is 20.7. The molecule has 0 bridgehead atoms. The van der Waals surface area contributed by atoms with E-state index in [1.807, 2.05) is 0 Å². The first-order chi connectivity index (χ1) is 12.5. The molecule has 136 valence electrons. The number of hydrogen-bond acceptors (Lipinski definition) is 7. The van der Waals surface area contributed by atoms with Crippen LogP contribution in [0.4, 0.5) is 0 Å². The highest BCUT2D eigenvalue weighted by molar-refractivity contribution is 8.00. The van der Waals surface area contributed by atoms with Crippen LogP contribution in [0.25, 0.3) is 0 Å². The van der Waals surface area contributed by atoms with Gasteiger partial charge < -0.3 is 20.3 Å². The molecule has 0 aromatic heterocycles. The van der Waals surface area contributed by atoms with Crippen molar-refractivity contribution in [3.8, 4) is 0 Å². The van der Waals surface area contributed by atoms with Gasteiger partial charge in [0.2, 0.25) is 6.10 Å². The van der Waals surface area contributed by atoms with E-state index in [4.69, 9.17) is 9.84 Å². The number of rotatable bonds is 6. The molecule has 0 saturated carbocycles. The number of benzene rings is 1. The van der Waals surface area contributed by atoms with E-state index >= 15 is 0 Å². The lowest BCUT2D eigenvalue weighted by Gasteiger charge is -2.48. The molecule has 9 nitrogen and oxygen atoms in total. The Morgan fingerprint density at radius 1 is 1.35 bits per heavy atom. The van der Waals surface area contributed by atoms with Crippen LogP contribution >= 0.6 is 11.8 Å². The number of aliphatic hydroxyl groups is 1. The lowest BCUT2D eigenvalue weighted by molar-refractivity contribution is -0.154. The van der Waals surface area contributed by atoms with Gasteiger partial charge in [-0.1, -0.05) is 30.3 Å². The molecule has 0 radical (unpaired) electrons. The average molecular weight is 378 g/mol. The van der Waals surface area contributed by atoms with Crippen LogP contribution in [0.1, 0.15) is 11.7 Å². The normalized spacial score (nSPS) is 22.8. The molecule has 2 amide bonds. The number of β-lactam (4-membered cyclic amide) rings is 1. The fourth-order valence-corrected chi connectivity index (χ4v) is 4.01. The van der Waals surface area contributed by atoms with Crippen LogP contribution in [0.5, 0.6) is 0 Å². The average Bonchev–Trinajstić information content (AvgIpc) is 2.64. The Kier molecular flexibility index (Phi) is 4.85. The second-order valence-corrected chi connectivity index (χ2v) is 6.62. The summed E-state index contributed by atoms with van der Waals surface area (Å²) in [5.41, 5.74) is -0.0474. The van der Waals surface area contributed by atoms with E-state index in [9.17, 15) is 24.3 Å². The van der Waals surface area contributed by atoms with Crippen molar-refractivity contribution >= 4 is 36.0 Å². The second kappa shape index (κ2) is 7.08. The molecule has 3 N–H and O–H groups in total. The van der Waals surface area contributed by atoms with Gasteiger partial charge in [-0.2, -0.15) is 0 Å². The van der Waals surface area contributed by atoms with Gasteiger partial charge >= 0.3 is 5.97 Å². The number of ether oxygens (including phenoxy) is 1. The lowest BCUT2D eigenvalue weighted by Crippen LogP contribution is -2.70. The maximum atomic E-state index is 12.5. The maximum absolute atomic E-state index is 12.5. The Morgan fingerprint density at radius 2 is 2.04 bits per heavy atom. The lowest BCUT2D eigenvalue weighted by atomic mass is 10.0. The molecule has 0 aliphatic carbocycles. The summed E-state index contributed by atoms with van der Waals surface area (Å²) in [6, 6.07) is 7.30. The quantitative estimate of drug-likeness (QED) is 0.471. The van der Waals surface area contributed by atoms with E-state index in [0.29, 0.717) is 5.56 Å². The summed E-state index contributed by atoms with van der Waals surface area (Å²) in [6.07, 6.45) is -1.23. The Balaban J connectivity index is 1.76. The molecular weight excluding hydrogens is 364 g/mol. The molecule has 10 heteroatoms. The Bertz CT molecular complexity index is 795. The van der Waals surface area contributed by atoms with Gasteiger partial charge in [-0.25, -0.2) is 4.79 Å². The summed E-state index contributed by atoms with van der Waals surface area (Å²) in [6.45, 7) is 0.144. The number of carboxylic acid groups (broad SMARTS) is 1. The van der Waals surface area contributed by atoms with Crippen molar-refractivity contribution in [3.05, 3.63) is 47.4 Å². The molecule has 0 spiro atoms. The molecule has 2 heterocycles. The first-order valence-corrected chi connectivity index (χ1v) is 8.55. The number of fused-ring (bicyclic) bond motifs is 1. The predicted molar refractivity (Wildman–Crippen MR) is 88.6 cm³/mol. The van der Waals surface area contributed by atoms with Crippen LogP contribution in [0, 0.1) is 0 Å². The van der Waals surface area contributed by atoms with E-state index in [1.165, 1.54) is 0 Å². The number of nitrogens with zero attached hydrogens (tertiary/aromatic N) is 1. The largest absolute Gasteiger partial charge is 0.509 e. The van der Waals surface area contributed by atoms with Crippen LogP contribution in [-0.2, 0) is 23.9 Å². The van der Waals surface area contributed by atoms with Gasteiger partial charge in [-0.05, 0) is 0 Å². The predicted octanol–water partition coefficient (Wildman–Crippen LogP) is 0.155. The Labute approximate surface area is 151 Å². The number of carboxylic acids is 1. The summed E-state index contributed by atoms with van der Waals surface area (Å²) in [7, 11) is 0. The van der Waals surface area contributed by atoms with Gasteiger partial charge in [-0.15, -0.1) is 11.8 Å². The molecule has 1 saturated heterocycles. The van der Waals surface area contributed by atoms with Crippen LogP contribution in [0.2, 0.25) is 0 Å². The summed E-state index contributed by atoms with van der Waals surface area (Å²) in [4.78, 5) is 47.7. The SMILES string of the molecule is O=COC(C(=O)NC1C(=O)N2C(C(=O)O)=C(O)CS[C@H]12)c1ccccc1. The zero-order valence-corrected chi connectivity index (χ0v) is 14.0. The van der Waals surface area contributed by atoms with E-state index in [2.05, 4.69) is 5.32 Å². The highest BCUT2D eigenvalue weighted by Crippen LogP contribution is 2.39. The number of aliphatic hydroxyl groups excluding tert-OH is 1. The maximum Gasteiger partial charge on any atom is 0.356 e. The van der Waals surface area contributed by atoms with Crippen molar-refractivity contribution in [2.24, 2.45) is 0 Å². The molecule has 3 atom stereocenters. The second-order valence-electron chi connectivity index (χ2n) is 5.52. The zero-order valence-electron chi connectivity index (χ0n) is 13.2. The van der Waals surface area contributed by atoms with E-state index in [-0.39, 0.29) is 12.2 Å². The van der Waals surface area contributed by atoms with Crippen molar-refractivity contribution in [2.75, 3.05) is 5.75 Å². The van der Waals surface area contributed by atoms with Gasteiger partial charge in [0, 0.05) is 5.56 Å². The smallest absolute Gasteiger partial charge is 0.356 e. The van der Waals surface area contributed by atoms with Crippen LogP contribution in [-0.4, -0.2) is 56.5 Å². The molecule has 1 fully saturated rings. The van der Waals surface area contributed by atoms with Gasteiger partial charge in [-0.3, -0.25) is 19.3 Å². The number of carbonyl (C=O) groups excluding carboxylic acids is 3. The van der Waals surface area contributed by atoms with Crippen LogP contribution in [0.15, 0.2) is 41.8 Å². The van der Waals surface area contributed by atoms with Crippen LogP contribution in [0.3, 0.4) is 0 Å². The van der Waals surface area contributed by atoms with Crippen molar-refractivity contribution in [1.29, 1.82) is 0 Å². The standard InChI is InChI=1S/C16H14N2O7S/c19-7-25-12(8-4-2-1-3-5-8)13(21)17-10-14(22)18-11(16(23)24)9(20)6-26-15(10)18/h1-5,7,10,12,15,20H,6H2,(H,17,21)(H,23,24)/t10?,12?,15-/m1/s1. The minimum absolute atomic E-state index is 0.00933. The Morgan fingerprint density at radius 3 is 2.65 bits per heavy atom. The third-order valence-electron chi connectivity index (χ3n) is 3.98. The van der Waals surface area contributed by atoms with Crippen LogP contribution < -0.4 is 5.32 Å². The molecule has 1 aromatic rings. The molecule has 3 rings (SSSR count). The summed E-state index contributed by atoms with van der Waals surface area (Å²) < 4.78 is 4.84. The zero-order chi connectivity index (χ0) is 18.8. The first-order valence-electron chi connectivity index (χ1n) is 7.50. The number of aliphatic carboxylic acids is 1.